The number of rotatable bonds is 3. The molecular formula is C12H20F2INO3. The molecule has 0 aromatic carbocycles. The van der Waals surface area contributed by atoms with Crippen molar-refractivity contribution in [1.29, 1.82) is 0 Å². The number of halogens is 3. The van der Waals surface area contributed by atoms with Gasteiger partial charge < -0.3 is 14.4 Å². The fourth-order valence-electron chi connectivity index (χ4n) is 1.62. The molecule has 1 heterocycles. The maximum absolute atomic E-state index is 12.7. The normalized spacial score (nSPS) is 24.7. The van der Waals surface area contributed by atoms with E-state index in [0.717, 1.165) is 6.92 Å². The zero-order valence-corrected chi connectivity index (χ0v) is 13.7. The summed E-state index contributed by atoms with van der Waals surface area (Å²) in [5.74, 6) is -2.85. The fraction of sp³-hybridized carbons (Fsp3) is 0.917. The van der Waals surface area contributed by atoms with E-state index in [-0.39, 0.29) is 10.0 Å². The highest BCUT2D eigenvalue weighted by atomic mass is 127. The van der Waals surface area contributed by atoms with E-state index in [2.05, 4.69) is 22.6 Å². The molecule has 0 aromatic heterocycles. The average molecular weight is 391 g/mol. The van der Waals surface area contributed by atoms with Gasteiger partial charge >= 0.3 is 6.09 Å². The van der Waals surface area contributed by atoms with Gasteiger partial charge in [0, 0.05) is 13.5 Å². The monoisotopic (exact) mass is 391 g/mol. The molecule has 1 amide bonds. The molecule has 1 aliphatic heterocycles. The van der Waals surface area contributed by atoms with Crippen molar-refractivity contribution in [2.75, 3.05) is 19.7 Å². The van der Waals surface area contributed by atoms with Crippen LogP contribution in [0.5, 0.6) is 0 Å². The molecule has 2 atom stereocenters. The highest BCUT2D eigenvalue weighted by molar-refractivity contribution is 14.1. The van der Waals surface area contributed by atoms with Crippen molar-refractivity contribution in [3.05, 3.63) is 0 Å². The van der Waals surface area contributed by atoms with E-state index in [1.807, 2.05) is 0 Å². The number of ether oxygens (including phenoxy) is 2. The first-order chi connectivity index (χ1) is 8.48. The van der Waals surface area contributed by atoms with Crippen LogP contribution in [0.4, 0.5) is 13.6 Å². The van der Waals surface area contributed by atoms with Gasteiger partial charge in [-0.15, -0.1) is 0 Å². The lowest BCUT2D eigenvalue weighted by atomic mass is 10.2. The lowest BCUT2D eigenvalue weighted by Crippen LogP contribution is -2.36. The van der Waals surface area contributed by atoms with Gasteiger partial charge in [-0.1, -0.05) is 22.6 Å². The molecule has 2 unspecified atom stereocenters. The Kier molecular flexibility index (Phi) is 5.39. The third-order valence-corrected chi connectivity index (χ3v) is 3.60. The van der Waals surface area contributed by atoms with Crippen LogP contribution < -0.4 is 0 Å². The Labute approximate surface area is 125 Å². The van der Waals surface area contributed by atoms with Crippen LogP contribution in [-0.2, 0) is 9.47 Å². The van der Waals surface area contributed by atoms with Gasteiger partial charge in [0.1, 0.15) is 12.2 Å². The Morgan fingerprint density at radius 3 is 2.37 bits per heavy atom. The van der Waals surface area contributed by atoms with E-state index in [9.17, 15) is 13.6 Å². The molecule has 7 heteroatoms. The van der Waals surface area contributed by atoms with E-state index in [1.165, 1.54) is 4.90 Å². The first-order valence-electron chi connectivity index (χ1n) is 6.09. The highest BCUT2D eigenvalue weighted by Gasteiger charge is 2.37. The fourth-order valence-corrected chi connectivity index (χ4v) is 2.53. The summed E-state index contributed by atoms with van der Waals surface area (Å²) in [6.45, 7) is 6.29. The first-order valence-corrected chi connectivity index (χ1v) is 7.34. The average Bonchev–Trinajstić information content (AvgIpc) is 2.53. The van der Waals surface area contributed by atoms with Gasteiger partial charge in [0.25, 0.3) is 5.92 Å². The standard InChI is InChI=1S/C12H20F2INO3/c1-11(2,3)19-10(17)16-5-8(15)9(6-16)18-7-12(4,13)14/h8-9H,5-7H2,1-4H3. The Balaban J connectivity index is 2.48. The van der Waals surface area contributed by atoms with E-state index in [4.69, 9.17) is 9.47 Å². The minimum absolute atomic E-state index is 0.00697. The van der Waals surface area contributed by atoms with Crippen LogP contribution in [0.3, 0.4) is 0 Å². The van der Waals surface area contributed by atoms with Gasteiger partial charge in [-0.3, -0.25) is 0 Å². The molecule has 1 rings (SSSR count). The molecule has 0 aromatic rings. The van der Waals surface area contributed by atoms with Crippen molar-refractivity contribution in [2.45, 2.75) is 49.2 Å². The number of nitrogens with zero attached hydrogens (tertiary/aromatic N) is 1. The summed E-state index contributed by atoms with van der Waals surface area (Å²) in [5, 5.41) is 0. The van der Waals surface area contributed by atoms with E-state index >= 15 is 0 Å². The number of alkyl halides is 3. The second-order valence-electron chi connectivity index (χ2n) is 5.82. The van der Waals surface area contributed by atoms with E-state index in [1.54, 1.807) is 20.8 Å². The SMILES string of the molecule is CC(F)(F)COC1CN(C(=O)OC(C)(C)C)CC1I. The smallest absolute Gasteiger partial charge is 0.410 e. The van der Waals surface area contributed by atoms with Crippen LogP contribution in [0.2, 0.25) is 0 Å². The molecular weight excluding hydrogens is 371 g/mol. The predicted octanol–water partition coefficient (Wildman–Crippen LogP) is 3.08. The molecule has 0 bridgehead atoms. The summed E-state index contributed by atoms with van der Waals surface area (Å²) in [6, 6.07) is 0. The minimum atomic E-state index is -2.85. The molecule has 19 heavy (non-hydrogen) atoms. The second-order valence-corrected chi connectivity index (χ2v) is 7.42. The summed E-state index contributed by atoms with van der Waals surface area (Å²) in [6.07, 6.45) is -0.803. The van der Waals surface area contributed by atoms with Crippen molar-refractivity contribution in [3.63, 3.8) is 0 Å². The molecule has 0 N–H and O–H groups in total. The summed E-state index contributed by atoms with van der Waals surface area (Å²) in [4.78, 5) is 13.4. The first kappa shape index (κ1) is 16.9. The van der Waals surface area contributed by atoms with Crippen LogP contribution >= 0.6 is 22.6 Å². The Morgan fingerprint density at radius 1 is 1.32 bits per heavy atom. The Hall–Kier alpha value is -0.180. The summed E-state index contributed by atoms with van der Waals surface area (Å²) >= 11 is 2.11. The topological polar surface area (TPSA) is 38.8 Å². The van der Waals surface area contributed by atoms with Crippen molar-refractivity contribution < 1.29 is 23.0 Å². The summed E-state index contributed by atoms with van der Waals surface area (Å²) < 4.78 is 35.9. The number of hydrogen-bond acceptors (Lipinski definition) is 3. The molecule has 112 valence electrons. The number of carbonyl (C=O) groups excluding carboxylic acids is 1. The van der Waals surface area contributed by atoms with Gasteiger partial charge in [-0.2, -0.15) is 0 Å². The molecule has 1 aliphatic rings. The summed E-state index contributed by atoms with van der Waals surface area (Å²) in [7, 11) is 0. The molecule has 1 saturated heterocycles. The predicted molar refractivity (Wildman–Crippen MR) is 76.0 cm³/mol. The number of hydrogen-bond donors (Lipinski definition) is 0. The molecule has 0 spiro atoms. The van der Waals surface area contributed by atoms with Crippen LogP contribution in [0, 0.1) is 0 Å². The van der Waals surface area contributed by atoms with Gasteiger partial charge in [0.2, 0.25) is 0 Å². The van der Waals surface area contributed by atoms with Crippen molar-refractivity contribution in [2.24, 2.45) is 0 Å². The minimum Gasteiger partial charge on any atom is -0.444 e. The summed E-state index contributed by atoms with van der Waals surface area (Å²) in [5.41, 5.74) is -0.562. The molecule has 0 aliphatic carbocycles. The zero-order chi connectivity index (χ0) is 14.8. The van der Waals surface area contributed by atoms with Crippen molar-refractivity contribution in [1.82, 2.24) is 4.90 Å². The van der Waals surface area contributed by atoms with Gasteiger partial charge in [-0.05, 0) is 20.8 Å². The van der Waals surface area contributed by atoms with Crippen LogP contribution in [0.1, 0.15) is 27.7 Å². The third-order valence-electron chi connectivity index (χ3n) is 2.40. The van der Waals surface area contributed by atoms with Crippen LogP contribution in [0.15, 0.2) is 0 Å². The second kappa shape index (κ2) is 6.07. The Morgan fingerprint density at radius 2 is 1.89 bits per heavy atom. The van der Waals surface area contributed by atoms with Gasteiger partial charge in [0.15, 0.2) is 0 Å². The lowest BCUT2D eigenvalue weighted by Gasteiger charge is -2.24. The quantitative estimate of drug-likeness (QED) is 0.549. The number of amides is 1. The van der Waals surface area contributed by atoms with Gasteiger partial charge in [0.05, 0.1) is 16.6 Å². The largest absolute Gasteiger partial charge is 0.444 e. The maximum Gasteiger partial charge on any atom is 0.410 e. The molecule has 0 radical (unpaired) electrons. The van der Waals surface area contributed by atoms with Crippen molar-refractivity contribution >= 4 is 28.7 Å². The van der Waals surface area contributed by atoms with Crippen molar-refractivity contribution in [3.8, 4) is 0 Å². The van der Waals surface area contributed by atoms with Crippen LogP contribution in [0.25, 0.3) is 0 Å². The molecule has 0 saturated carbocycles. The Bertz CT molecular complexity index is 328. The van der Waals surface area contributed by atoms with E-state index in [0.29, 0.717) is 13.1 Å². The van der Waals surface area contributed by atoms with Crippen LogP contribution in [-0.4, -0.2) is 52.2 Å². The number of carbonyl (C=O) groups is 1. The lowest BCUT2D eigenvalue weighted by molar-refractivity contribution is -0.0826. The number of likely N-dealkylation sites (tertiary alicyclic amines) is 1. The molecule has 1 fully saturated rings. The van der Waals surface area contributed by atoms with E-state index < -0.39 is 24.2 Å². The zero-order valence-electron chi connectivity index (χ0n) is 11.6. The highest BCUT2D eigenvalue weighted by Crippen LogP contribution is 2.24. The third kappa shape index (κ3) is 6.20. The molecule has 4 nitrogen and oxygen atoms in total. The van der Waals surface area contributed by atoms with Gasteiger partial charge in [-0.25, -0.2) is 13.6 Å². The maximum atomic E-state index is 12.7.